The van der Waals surface area contributed by atoms with E-state index in [-0.39, 0.29) is 11.9 Å². The number of hydrogen-bond donors (Lipinski definition) is 1. The topological polar surface area (TPSA) is 55.9 Å². The van der Waals surface area contributed by atoms with Crippen molar-refractivity contribution >= 4 is 23.3 Å². The van der Waals surface area contributed by atoms with Crippen LogP contribution in [0, 0.1) is 6.92 Å². The molecule has 28 heavy (non-hydrogen) atoms. The largest absolute Gasteiger partial charge is 0.375 e. The van der Waals surface area contributed by atoms with Gasteiger partial charge in [-0.25, -0.2) is 4.79 Å². The smallest absolute Gasteiger partial charge is 0.321 e. The summed E-state index contributed by atoms with van der Waals surface area (Å²) in [5.41, 5.74) is 3.67. The van der Waals surface area contributed by atoms with E-state index in [1.54, 1.807) is 4.90 Å². The van der Waals surface area contributed by atoms with E-state index in [4.69, 9.17) is 0 Å². The molecule has 3 amide bonds. The van der Waals surface area contributed by atoms with E-state index in [1.807, 2.05) is 67.4 Å². The number of rotatable bonds is 4. The highest BCUT2D eigenvalue weighted by Gasteiger charge is 2.25. The molecule has 2 aromatic carbocycles. The van der Waals surface area contributed by atoms with Crippen molar-refractivity contribution in [1.82, 2.24) is 9.80 Å². The number of anilines is 2. The van der Waals surface area contributed by atoms with Crippen molar-refractivity contribution in [1.29, 1.82) is 0 Å². The van der Waals surface area contributed by atoms with Crippen LogP contribution in [0.4, 0.5) is 16.2 Å². The molecule has 0 spiro atoms. The second kappa shape index (κ2) is 8.78. The van der Waals surface area contributed by atoms with E-state index in [2.05, 4.69) is 17.1 Å². The maximum absolute atomic E-state index is 12.7. The Labute approximate surface area is 166 Å². The maximum atomic E-state index is 12.7. The highest BCUT2D eigenvalue weighted by atomic mass is 16.2. The van der Waals surface area contributed by atoms with Gasteiger partial charge in [-0.3, -0.25) is 4.79 Å². The molecule has 1 aliphatic heterocycles. The van der Waals surface area contributed by atoms with Crippen molar-refractivity contribution in [2.24, 2.45) is 0 Å². The predicted octanol–water partition coefficient (Wildman–Crippen LogP) is 3.44. The van der Waals surface area contributed by atoms with Crippen LogP contribution in [0.15, 0.2) is 48.5 Å². The van der Waals surface area contributed by atoms with Crippen LogP contribution >= 0.6 is 0 Å². The number of carbonyl (C=O) groups is 2. The molecule has 0 unspecified atom stereocenters. The van der Waals surface area contributed by atoms with Crippen LogP contribution in [-0.2, 0) is 0 Å². The van der Waals surface area contributed by atoms with Gasteiger partial charge in [0.1, 0.15) is 0 Å². The Hall–Kier alpha value is -3.02. The number of aryl methyl sites for hydroxylation is 1. The fourth-order valence-corrected chi connectivity index (χ4v) is 3.26. The van der Waals surface area contributed by atoms with E-state index < -0.39 is 0 Å². The summed E-state index contributed by atoms with van der Waals surface area (Å²) in [6.45, 7) is 7.13. The second-order valence-electron chi connectivity index (χ2n) is 7.14. The monoisotopic (exact) mass is 380 g/mol. The summed E-state index contributed by atoms with van der Waals surface area (Å²) >= 11 is 0. The first-order chi connectivity index (χ1) is 13.5. The Bertz CT molecular complexity index is 827. The SMILES string of the molecule is CCN(C)c1ccc(C(=O)N2CCN(C(=O)Nc3cccc(C)c3)CC2)cc1. The molecule has 148 valence electrons. The van der Waals surface area contributed by atoms with Crippen molar-refractivity contribution in [3.63, 3.8) is 0 Å². The normalized spacial score (nSPS) is 14.0. The zero-order valence-corrected chi connectivity index (χ0v) is 16.8. The van der Waals surface area contributed by atoms with E-state index in [0.717, 1.165) is 23.5 Å². The Balaban J connectivity index is 1.54. The molecule has 0 atom stereocenters. The molecular weight excluding hydrogens is 352 g/mol. The molecule has 1 N–H and O–H groups in total. The van der Waals surface area contributed by atoms with Gasteiger partial charge in [0.2, 0.25) is 0 Å². The molecule has 6 nitrogen and oxygen atoms in total. The summed E-state index contributed by atoms with van der Waals surface area (Å²) in [7, 11) is 2.03. The van der Waals surface area contributed by atoms with Gasteiger partial charge in [0.25, 0.3) is 5.91 Å². The lowest BCUT2D eigenvalue weighted by atomic mass is 10.1. The summed E-state index contributed by atoms with van der Waals surface area (Å²) in [5.74, 6) is 0.0180. The van der Waals surface area contributed by atoms with Gasteiger partial charge >= 0.3 is 6.03 Å². The van der Waals surface area contributed by atoms with Crippen molar-refractivity contribution in [3.05, 3.63) is 59.7 Å². The average Bonchev–Trinajstić information content (AvgIpc) is 2.73. The minimum atomic E-state index is -0.121. The Morgan fingerprint density at radius 1 is 1.00 bits per heavy atom. The molecule has 1 saturated heterocycles. The molecule has 0 saturated carbocycles. The maximum Gasteiger partial charge on any atom is 0.321 e. The first-order valence-electron chi connectivity index (χ1n) is 9.71. The van der Waals surface area contributed by atoms with E-state index in [1.165, 1.54) is 0 Å². The number of amides is 3. The molecule has 1 aliphatic rings. The van der Waals surface area contributed by atoms with Crippen molar-refractivity contribution in [2.45, 2.75) is 13.8 Å². The molecule has 1 heterocycles. The minimum absolute atomic E-state index is 0.0180. The Morgan fingerprint density at radius 2 is 1.64 bits per heavy atom. The summed E-state index contributed by atoms with van der Waals surface area (Å²) in [4.78, 5) is 30.9. The zero-order chi connectivity index (χ0) is 20.1. The van der Waals surface area contributed by atoms with E-state index in [0.29, 0.717) is 31.7 Å². The lowest BCUT2D eigenvalue weighted by Gasteiger charge is -2.34. The number of hydrogen-bond acceptors (Lipinski definition) is 3. The standard InChI is InChI=1S/C22H28N4O2/c1-4-24(3)20-10-8-18(9-11-20)21(27)25-12-14-26(15-13-25)22(28)23-19-7-5-6-17(2)16-19/h5-11,16H,4,12-15H2,1-3H3,(H,23,28). The summed E-state index contributed by atoms with van der Waals surface area (Å²) in [6, 6.07) is 15.3. The first kappa shape index (κ1) is 19.7. The lowest BCUT2D eigenvalue weighted by molar-refractivity contribution is 0.0671. The number of urea groups is 1. The first-order valence-corrected chi connectivity index (χ1v) is 9.71. The number of piperazine rings is 1. The number of carbonyl (C=O) groups excluding carboxylic acids is 2. The fraction of sp³-hybridized carbons (Fsp3) is 0.364. The third-order valence-electron chi connectivity index (χ3n) is 5.15. The molecule has 2 aromatic rings. The lowest BCUT2D eigenvalue weighted by Crippen LogP contribution is -2.51. The predicted molar refractivity (Wildman–Crippen MR) is 113 cm³/mol. The van der Waals surface area contributed by atoms with E-state index >= 15 is 0 Å². The van der Waals surface area contributed by atoms with Crippen LogP contribution in [-0.4, -0.2) is 61.5 Å². The van der Waals surface area contributed by atoms with E-state index in [9.17, 15) is 9.59 Å². The zero-order valence-electron chi connectivity index (χ0n) is 16.8. The molecule has 0 aliphatic carbocycles. The molecule has 3 rings (SSSR count). The van der Waals surface area contributed by atoms with Gasteiger partial charge in [-0.15, -0.1) is 0 Å². The quantitative estimate of drug-likeness (QED) is 0.884. The van der Waals surface area contributed by atoms with Crippen molar-refractivity contribution in [3.8, 4) is 0 Å². The van der Waals surface area contributed by atoms with Crippen molar-refractivity contribution < 1.29 is 9.59 Å². The Kier molecular flexibility index (Phi) is 6.19. The van der Waals surface area contributed by atoms with Gasteiger partial charge < -0.3 is 20.0 Å². The van der Waals surface area contributed by atoms with Gasteiger partial charge in [-0.2, -0.15) is 0 Å². The third-order valence-corrected chi connectivity index (χ3v) is 5.15. The van der Waals surface area contributed by atoms with Gasteiger partial charge in [-0.1, -0.05) is 12.1 Å². The molecule has 0 aromatic heterocycles. The van der Waals surface area contributed by atoms with Crippen LogP contribution < -0.4 is 10.2 Å². The van der Waals surface area contributed by atoms with Crippen LogP contribution in [0.2, 0.25) is 0 Å². The number of benzene rings is 2. The molecule has 6 heteroatoms. The van der Waals surface area contributed by atoms with Crippen LogP contribution in [0.5, 0.6) is 0 Å². The molecule has 1 fully saturated rings. The second-order valence-corrected chi connectivity index (χ2v) is 7.14. The van der Waals surface area contributed by atoms with Gasteiger partial charge in [0.15, 0.2) is 0 Å². The van der Waals surface area contributed by atoms with Crippen LogP contribution in [0.1, 0.15) is 22.8 Å². The highest BCUT2D eigenvalue weighted by Crippen LogP contribution is 2.16. The number of nitrogens with zero attached hydrogens (tertiary/aromatic N) is 3. The molecule has 0 bridgehead atoms. The molecule has 0 radical (unpaired) electrons. The van der Waals surface area contributed by atoms with Gasteiger partial charge in [-0.05, 0) is 55.8 Å². The highest BCUT2D eigenvalue weighted by molar-refractivity contribution is 5.95. The Morgan fingerprint density at radius 3 is 2.25 bits per heavy atom. The van der Waals surface area contributed by atoms with Crippen LogP contribution in [0.25, 0.3) is 0 Å². The van der Waals surface area contributed by atoms with Gasteiger partial charge in [0, 0.05) is 56.7 Å². The minimum Gasteiger partial charge on any atom is -0.375 e. The van der Waals surface area contributed by atoms with Crippen LogP contribution in [0.3, 0.4) is 0 Å². The number of nitrogens with one attached hydrogen (secondary N) is 1. The average molecular weight is 380 g/mol. The third kappa shape index (κ3) is 4.63. The summed E-state index contributed by atoms with van der Waals surface area (Å²) in [6.07, 6.45) is 0. The van der Waals surface area contributed by atoms with Crippen molar-refractivity contribution in [2.75, 3.05) is 50.0 Å². The molecular formula is C22H28N4O2. The summed E-state index contributed by atoms with van der Waals surface area (Å²) in [5, 5.41) is 2.93. The van der Waals surface area contributed by atoms with Gasteiger partial charge in [0.05, 0.1) is 0 Å². The fourth-order valence-electron chi connectivity index (χ4n) is 3.26. The summed E-state index contributed by atoms with van der Waals surface area (Å²) < 4.78 is 0.